The fourth-order valence-corrected chi connectivity index (χ4v) is 1.83. The summed E-state index contributed by atoms with van der Waals surface area (Å²) in [4.78, 5) is 11.7. The number of primary sulfonamides is 1. The van der Waals surface area contributed by atoms with E-state index in [1.807, 2.05) is 0 Å². The molecule has 106 valence electrons. The Bertz CT molecular complexity index is 770. The van der Waals surface area contributed by atoms with E-state index in [4.69, 9.17) is 9.56 Å². The van der Waals surface area contributed by atoms with E-state index in [1.54, 1.807) is 0 Å². The van der Waals surface area contributed by atoms with Crippen molar-refractivity contribution in [3.63, 3.8) is 0 Å². The van der Waals surface area contributed by atoms with Crippen LogP contribution in [-0.2, 0) is 10.0 Å². The van der Waals surface area contributed by atoms with Crippen LogP contribution in [-0.4, -0.2) is 14.3 Å². The normalized spacial score (nSPS) is 11.3. The highest BCUT2D eigenvalue weighted by Crippen LogP contribution is 2.18. The third-order valence-corrected chi connectivity index (χ3v) is 3.05. The molecule has 0 spiro atoms. The third kappa shape index (κ3) is 3.00. The second-order valence-electron chi connectivity index (χ2n) is 3.74. The van der Waals surface area contributed by atoms with Gasteiger partial charge in [0.05, 0.1) is 5.69 Å². The number of furan rings is 1. The molecule has 0 aliphatic carbocycles. The van der Waals surface area contributed by atoms with Crippen LogP contribution in [0.2, 0.25) is 0 Å². The van der Waals surface area contributed by atoms with Gasteiger partial charge in [-0.2, -0.15) is 0 Å². The Morgan fingerprint density at radius 1 is 1.20 bits per heavy atom. The minimum atomic E-state index is -4.07. The molecule has 0 bridgehead atoms. The molecule has 0 unspecified atom stereocenters. The van der Waals surface area contributed by atoms with Gasteiger partial charge in [0.25, 0.3) is 15.9 Å². The van der Waals surface area contributed by atoms with E-state index in [0.29, 0.717) is 6.07 Å². The Kier molecular flexibility index (Phi) is 3.55. The molecule has 3 N–H and O–H groups in total. The summed E-state index contributed by atoms with van der Waals surface area (Å²) in [7, 11) is -4.07. The molecule has 0 atom stereocenters. The van der Waals surface area contributed by atoms with Crippen molar-refractivity contribution in [3.8, 4) is 0 Å². The number of hydrogen-bond acceptors (Lipinski definition) is 4. The number of amides is 1. The maximum absolute atomic E-state index is 13.3. The first-order chi connectivity index (χ1) is 9.27. The van der Waals surface area contributed by atoms with Crippen LogP contribution in [0.1, 0.15) is 10.6 Å². The highest BCUT2D eigenvalue weighted by Gasteiger charge is 2.18. The molecule has 0 saturated carbocycles. The molecular weight excluding hydrogens is 294 g/mol. The SMILES string of the molecule is NS(=O)(=O)c1ccc(C(=O)Nc2ccc(F)cc2F)o1. The predicted octanol–water partition coefficient (Wildman–Crippen LogP) is 1.46. The summed E-state index contributed by atoms with van der Waals surface area (Å²) in [6, 6.07) is 4.62. The van der Waals surface area contributed by atoms with Crippen molar-refractivity contribution >= 4 is 21.6 Å². The minimum Gasteiger partial charge on any atom is -0.438 e. The summed E-state index contributed by atoms with van der Waals surface area (Å²) in [6.07, 6.45) is 0. The average Bonchev–Trinajstić information content (AvgIpc) is 2.82. The molecule has 2 rings (SSSR count). The number of carbonyl (C=O) groups excluding carboxylic acids is 1. The van der Waals surface area contributed by atoms with Gasteiger partial charge in [0.1, 0.15) is 11.6 Å². The van der Waals surface area contributed by atoms with Crippen LogP contribution in [0.15, 0.2) is 39.8 Å². The second kappa shape index (κ2) is 5.02. The molecule has 6 nitrogen and oxygen atoms in total. The van der Waals surface area contributed by atoms with Gasteiger partial charge in [-0.3, -0.25) is 4.79 Å². The zero-order valence-electron chi connectivity index (χ0n) is 9.76. The van der Waals surface area contributed by atoms with Gasteiger partial charge in [-0.1, -0.05) is 0 Å². The Balaban J connectivity index is 2.22. The molecule has 9 heteroatoms. The van der Waals surface area contributed by atoms with Crippen LogP contribution in [0, 0.1) is 11.6 Å². The van der Waals surface area contributed by atoms with Crippen molar-refractivity contribution in [1.29, 1.82) is 0 Å². The highest BCUT2D eigenvalue weighted by atomic mass is 32.2. The lowest BCUT2D eigenvalue weighted by Gasteiger charge is -2.04. The lowest BCUT2D eigenvalue weighted by molar-refractivity contribution is 0.0991. The lowest BCUT2D eigenvalue weighted by Crippen LogP contribution is -2.13. The number of hydrogen-bond donors (Lipinski definition) is 2. The van der Waals surface area contributed by atoms with Crippen molar-refractivity contribution in [2.45, 2.75) is 5.09 Å². The van der Waals surface area contributed by atoms with E-state index in [1.165, 1.54) is 0 Å². The molecule has 20 heavy (non-hydrogen) atoms. The van der Waals surface area contributed by atoms with Gasteiger partial charge in [0.15, 0.2) is 5.76 Å². The van der Waals surface area contributed by atoms with E-state index in [0.717, 1.165) is 24.3 Å². The number of halogens is 2. The number of rotatable bonds is 3. The maximum Gasteiger partial charge on any atom is 0.291 e. The molecule has 0 aliphatic rings. The molecule has 0 saturated heterocycles. The zero-order valence-corrected chi connectivity index (χ0v) is 10.6. The van der Waals surface area contributed by atoms with Gasteiger partial charge in [-0.05, 0) is 24.3 Å². The Hall–Kier alpha value is -2.26. The maximum atomic E-state index is 13.3. The van der Waals surface area contributed by atoms with Crippen LogP contribution in [0.3, 0.4) is 0 Å². The molecule has 1 aromatic carbocycles. The smallest absolute Gasteiger partial charge is 0.291 e. The van der Waals surface area contributed by atoms with Crippen LogP contribution >= 0.6 is 0 Å². The predicted molar refractivity (Wildman–Crippen MR) is 64.4 cm³/mol. The van der Waals surface area contributed by atoms with Crippen molar-refractivity contribution in [2.75, 3.05) is 5.32 Å². The first-order valence-corrected chi connectivity index (χ1v) is 6.71. The summed E-state index contributed by atoms with van der Waals surface area (Å²) in [5, 5.41) is 6.32. The van der Waals surface area contributed by atoms with Gasteiger partial charge >= 0.3 is 0 Å². The van der Waals surface area contributed by atoms with Crippen LogP contribution in [0.4, 0.5) is 14.5 Å². The molecule has 1 heterocycles. The van der Waals surface area contributed by atoms with E-state index in [9.17, 15) is 22.0 Å². The van der Waals surface area contributed by atoms with Crippen LogP contribution < -0.4 is 10.5 Å². The molecular formula is C11H8F2N2O4S. The fourth-order valence-electron chi connectivity index (χ4n) is 1.37. The van der Waals surface area contributed by atoms with Crippen LogP contribution in [0.5, 0.6) is 0 Å². The quantitative estimate of drug-likeness (QED) is 0.895. The van der Waals surface area contributed by atoms with Gasteiger partial charge in [0.2, 0.25) is 5.09 Å². The van der Waals surface area contributed by atoms with Gasteiger partial charge < -0.3 is 9.73 Å². The summed E-state index contributed by atoms with van der Waals surface area (Å²) >= 11 is 0. The summed E-state index contributed by atoms with van der Waals surface area (Å²) in [5.74, 6) is -3.05. The van der Waals surface area contributed by atoms with E-state index in [-0.39, 0.29) is 11.4 Å². The van der Waals surface area contributed by atoms with Crippen molar-refractivity contribution in [2.24, 2.45) is 5.14 Å². The van der Waals surface area contributed by atoms with Crippen molar-refractivity contribution < 1.29 is 26.4 Å². The number of benzene rings is 1. The molecule has 0 radical (unpaired) electrons. The lowest BCUT2D eigenvalue weighted by atomic mass is 10.3. The third-order valence-electron chi connectivity index (χ3n) is 2.26. The number of nitrogens with two attached hydrogens (primary N) is 1. The molecule has 2 aromatic rings. The monoisotopic (exact) mass is 302 g/mol. The Morgan fingerprint density at radius 3 is 2.45 bits per heavy atom. The van der Waals surface area contributed by atoms with Gasteiger partial charge in [-0.15, -0.1) is 0 Å². The highest BCUT2D eigenvalue weighted by molar-refractivity contribution is 7.89. The van der Waals surface area contributed by atoms with Crippen LogP contribution in [0.25, 0.3) is 0 Å². The standard InChI is InChI=1S/C11H8F2N2O4S/c12-6-1-2-8(7(13)5-6)15-11(16)9-3-4-10(19-9)20(14,17)18/h1-5H,(H,15,16)(H2,14,17,18). The number of carbonyl (C=O) groups is 1. The first-order valence-electron chi connectivity index (χ1n) is 5.16. The van der Waals surface area contributed by atoms with E-state index in [2.05, 4.69) is 5.32 Å². The Labute approximate surface area is 112 Å². The largest absolute Gasteiger partial charge is 0.438 e. The zero-order chi connectivity index (χ0) is 14.9. The number of anilines is 1. The Morgan fingerprint density at radius 2 is 1.90 bits per heavy atom. The fraction of sp³-hybridized carbons (Fsp3) is 0. The van der Waals surface area contributed by atoms with Crippen molar-refractivity contribution in [1.82, 2.24) is 0 Å². The minimum absolute atomic E-state index is 0.273. The first kappa shape index (κ1) is 14.2. The second-order valence-corrected chi connectivity index (χ2v) is 5.23. The molecule has 0 aliphatic heterocycles. The van der Waals surface area contributed by atoms with E-state index < -0.39 is 32.7 Å². The topological polar surface area (TPSA) is 102 Å². The van der Waals surface area contributed by atoms with Gasteiger partial charge in [-0.25, -0.2) is 22.3 Å². The van der Waals surface area contributed by atoms with E-state index >= 15 is 0 Å². The molecule has 1 aromatic heterocycles. The number of nitrogens with one attached hydrogen (secondary N) is 1. The summed E-state index contributed by atoms with van der Waals surface area (Å²) < 4.78 is 52.7. The molecule has 1 amide bonds. The summed E-state index contributed by atoms with van der Waals surface area (Å²) in [6.45, 7) is 0. The van der Waals surface area contributed by atoms with Gasteiger partial charge in [0, 0.05) is 6.07 Å². The van der Waals surface area contributed by atoms with Crippen molar-refractivity contribution in [3.05, 3.63) is 47.7 Å². The average molecular weight is 302 g/mol. The summed E-state index contributed by atoms with van der Waals surface area (Å²) in [5.41, 5.74) is -0.273. The number of sulfonamides is 1. The molecule has 0 fully saturated rings.